The lowest BCUT2D eigenvalue weighted by Crippen LogP contribution is -2.24. The highest BCUT2D eigenvalue weighted by molar-refractivity contribution is 6.03. The highest BCUT2D eigenvalue weighted by atomic mass is 16.2. The van der Waals surface area contributed by atoms with Gasteiger partial charge >= 0.3 is 0 Å². The summed E-state index contributed by atoms with van der Waals surface area (Å²) in [6.07, 6.45) is 0. The van der Waals surface area contributed by atoms with Crippen molar-refractivity contribution >= 4 is 17.5 Å². The normalized spacial score (nSPS) is 9.50. The summed E-state index contributed by atoms with van der Waals surface area (Å²) in [7, 11) is 0. The number of carbonyl (C=O) groups is 2. The molecular weight excluding hydrogens is 182 g/mol. The maximum absolute atomic E-state index is 11.0. The monoisotopic (exact) mass is 193 g/mol. The summed E-state index contributed by atoms with van der Waals surface area (Å²) in [5, 5.41) is 2.48. The quantitative estimate of drug-likeness (QED) is 0.613. The molecule has 14 heavy (non-hydrogen) atoms. The third-order valence-corrected chi connectivity index (χ3v) is 1.65. The fourth-order valence-corrected chi connectivity index (χ4v) is 1.01. The summed E-state index contributed by atoms with van der Waals surface area (Å²) >= 11 is 0. The van der Waals surface area contributed by atoms with E-state index in [-0.39, 0.29) is 18.0 Å². The van der Waals surface area contributed by atoms with Crippen LogP contribution >= 0.6 is 0 Å². The molecule has 5 N–H and O–H groups in total. The number of amides is 2. The van der Waals surface area contributed by atoms with Crippen LogP contribution in [0.4, 0.5) is 5.69 Å². The van der Waals surface area contributed by atoms with Crippen LogP contribution in [0.2, 0.25) is 0 Å². The van der Waals surface area contributed by atoms with Gasteiger partial charge in [0.1, 0.15) is 0 Å². The molecule has 0 aliphatic rings. The zero-order valence-electron chi connectivity index (χ0n) is 7.49. The Kier molecular flexibility index (Phi) is 3.19. The van der Waals surface area contributed by atoms with Crippen molar-refractivity contribution in [2.24, 2.45) is 11.5 Å². The number of nitrogens with two attached hydrogens (primary N) is 2. The van der Waals surface area contributed by atoms with E-state index >= 15 is 0 Å². The van der Waals surface area contributed by atoms with Gasteiger partial charge in [-0.05, 0) is 12.1 Å². The van der Waals surface area contributed by atoms with Crippen LogP contribution < -0.4 is 16.8 Å². The second-order valence-electron chi connectivity index (χ2n) is 2.66. The Bertz CT molecular complexity index is 363. The molecule has 0 aliphatic carbocycles. The molecule has 0 bridgehead atoms. The summed E-state index contributed by atoms with van der Waals surface area (Å²) in [6.45, 7) is -0.132. The van der Waals surface area contributed by atoms with Gasteiger partial charge in [-0.2, -0.15) is 0 Å². The highest BCUT2D eigenvalue weighted by Gasteiger charge is 2.08. The van der Waals surface area contributed by atoms with Gasteiger partial charge in [-0.15, -0.1) is 0 Å². The van der Waals surface area contributed by atoms with E-state index < -0.39 is 5.91 Å². The largest absolute Gasteiger partial charge is 0.366 e. The average Bonchev–Trinajstić information content (AvgIpc) is 2.18. The minimum Gasteiger partial charge on any atom is -0.366 e. The first-order chi connectivity index (χ1) is 6.65. The Hall–Kier alpha value is -1.88. The lowest BCUT2D eigenvalue weighted by Gasteiger charge is -2.06. The summed E-state index contributed by atoms with van der Waals surface area (Å²) in [5.41, 5.74) is 10.9. The summed E-state index contributed by atoms with van der Waals surface area (Å²) in [4.78, 5) is 21.9. The molecule has 0 fully saturated rings. The van der Waals surface area contributed by atoms with Crippen LogP contribution in [0.3, 0.4) is 0 Å². The Morgan fingerprint density at radius 2 is 1.93 bits per heavy atom. The van der Waals surface area contributed by atoms with E-state index in [9.17, 15) is 9.59 Å². The van der Waals surface area contributed by atoms with Crippen molar-refractivity contribution in [3.63, 3.8) is 0 Å². The van der Waals surface area contributed by atoms with Crippen LogP contribution in [0.15, 0.2) is 24.3 Å². The minimum atomic E-state index is -0.585. The van der Waals surface area contributed by atoms with Gasteiger partial charge in [-0.3, -0.25) is 9.59 Å². The molecule has 0 radical (unpaired) electrons. The maximum atomic E-state index is 11.0. The minimum absolute atomic E-state index is 0.132. The van der Waals surface area contributed by atoms with Crippen molar-refractivity contribution in [1.82, 2.24) is 0 Å². The fraction of sp³-hybridized carbons (Fsp3) is 0.111. The van der Waals surface area contributed by atoms with Gasteiger partial charge in [0.05, 0.1) is 17.8 Å². The van der Waals surface area contributed by atoms with Gasteiger partial charge in [-0.1, -0.05) is 12.1 Å². The van der Waals surface area contributed by atoms with Gasteiger partial charge in [0, 0.05) is 0 Å². The molecule has 1 aromatic rings. The molecule has 0 unspecified atom stereocenters. The number of primary amides is 1. The third-order valence-electron chi connectivity index (χ3n) is 1.65. The number of hydrogen-bond donors (Lipinski definition) is 3. The second kappa shape index (κ2) is 4.38. The molecule has 0 atom stereocenters. The molecular formula is C9H11N3O2. The number of benzene rings is 1. The Morgan fingerprint density at radius 3 is 2.50 bits per heavy atom. The van der Waals surface area contributed by atoms with E-state index in [4.69, 9.17) is 11.5 Å². The topological polar surface area (TPSA) is 98.2 Å². The van der Waals surface area contributed by atoms with Gasteiger partial charge < -0.3 is 16.8 Å². The van der Waals surface area contributed by atoms with Crippen molar-refractivity contribution in [1.29, 1.82) is 0 Å². The number of anilines is 1. The number of rotatable bonds is 3. The molecule has 0 aromatic heterocycles. The molecule has 0 aliphatic heterocycles. The maximum Gasteiger partial charge on any atom is 0.250 e. The van der Waals surface area contributed by atoms with Crippen molar-refractivity contribution in [3.8, 4) is 0 Å². The number of nitrogens with one attached hydrogen (secondary N) is 1. The second-order valence-corrected chi connectivity index (χ2v) is 2.66. The van der Waals surface area contributed by atoms with Crippen molar-refractivity contribution in [2.75, 3.05) is 11.9 Å². The molecule has 2 amide bonds. The molecule has 74 valence electrons. The molecule has 5 heteroatoms. The molecule has 0 heterocycles. The van der Waals surface area contributed by atoms with E-state index in [2.05, 4.69) is 5.32 Å². The zero-order chi connectivity index (χ0) is 10.6. The van der Waals surface area contributed by atoms with Crippen LogP contribution in [-0.4, -0.2) is 18.4 Å². The lowest BCUT2D eigenvalue weighted by atomic mass is 10.1. The van der Waals surface area contributed by atoms with Gasteiger partial charge in [-0.25, -0.2) is 0 Å². The standard InChI is InChI=1S/C9H11N3O2/c10-5-8(13)12-7-4-2-1-3-6(7)9(11)14/h1-4H,5,10H2,(H2,11,14)(H,12,13). The van der Waals surface area contributed by atoms with Crippen molar-refractivity contribution in [2.45, 2.75) is 0 Å². The average molecular weight is 193 g/mol. The highest BCUT2D eigenvalue weighted by Crippen LogP contribution is 2.13. The zero-order valence-corrected chi connectivity index (χ0v) is 7.49. The summed E-state index contributed by atoms with van der Waals surface area (Å²) in [6, 6.07) is 6.49. The van der Waals surface area contributed by atoms with Gasteiger partial charge in [0.15, 0.2) is 0 Å². The van der Waals surface area contributed by atoms with Crippen molar-refractivity contribution in [3.05, 3.63) is 29.8 Å². The van der Waals surface area contributed by atoms with E-state index in [0.717, 1.165) is 0 Å². The molecule has 0 spiro atoms. The predicted octanol–water partition coefficient (Wildman–Crippen LogP) is -0.317. The molecule has 0 saturated carbocycles. The predicted molar refractivity (Wildman–Crippen MR) is 52.6 cm³/mol. The molecule has 5 nitrogen and oxygen atoms in total. The van der Waals surface area contributed by atoms with E-state index in [0.29, 0.717) is 5.69 Å². The molecule has 1 rings (SSSR count). The van der Waals surface area contributed by atoms with Crippen LogP contribution in [0.1, 0.15) is 10.4 Å². The van der Waals surface area contributed by atoms with Crippen LogP contribution in [-0.2, 0) is 4.79 Å². The van der Waals surface area contributed by atoms with E-state index in [1.165, 1.54) is 6.07 Å². The number of carbonyl (C=O) groups excluding carboxylic acids is 2. The van der Waals surface area contributed by atoms with Crippen LogP contribution in [0, 0.1) is 0 Å². The Labute approximate surface area is 81.1 Å². The first-order valence-corrected chi connectivity index (χ1v) is 4.04. The lowest BCUT2D eigenvalue weighted by molar-refractivity contribution is -0.114. The van der Waals surface area contributed by atoms with Crippen molar-refractivity contribution < 1.29 is 9.59 Å². The summed E-state index contributed by atoms with van der Waals surface area (Å²) in [5.74, 6) is -0.948. The molecule has 1 aromatic carbocycles. The van der Waals surface area contributed by atoms with Crippen LogP contribution in [0.25, 0.3) is 0 Å². The number of hydrogen-bond acceptors (Lipinski definition) is 3. The van der Waals surface area contributed by atoms with Gasteiger partial charge in [0.25, 0.3) is 5.91 Å². The van der Waals surface area contributed by atoms with Crippen LogP contribution in [0.5, 0.6) is 0 Å². The first kappa shape index (κ1) is 10.2. The summed E-state index contributed by atoms with van der Waals surface area (Å²) < 4.78 is 0. The van der Waals surface area contributed by atoms with E-state index in [1.54, 1.807) is 18.2 Å². The third kappa shape index (κ3) is 2.30. The fourth-order valence-electron chi connectivity index (χ4n) is 1.01. The SMILES string of the molecule is NCC(=O)Nc1ccccc1C(N)=O. The number of para-hydroxylation sites is 1. The van der Waals surface area contributed by atoms with E-state index in [1.807, 2.05) is 0 Å². The Balaban J connectivity index is 2.95. The Morgan fingerprint density at radius 1 is 1.29 bits per heavy atom. The smallest absolute Gasteiger partial charge is 0.250 e. The molecule has 0 saturated heterocycles. The first-order valence-electron chi connectivity index (χ1n) is 4.04. The van der Waals surface area contributed by atoms with Gasteiger partial charge in [0.2, 0.25) is 5.91 Å².